The van der Waals surface area contributed by atoms with Crippen molar-refractivity contribution in [3.8, 4) is 6.07 Å². The summed E-state index contributed by atoms with van der Waals surface area (Å²) in [4.78, 5) is 26.9. The second kappa shape index (κ2) is 7.75. The van der Waals surface area contributed by atoms with Crippen LogP contribution in [-0.2, 0) is 4.79 Å². The van der Waals surface area contributed by atoms with Crippen LogP contribution < -0.4 is 5.32 Å². The fraction of sp³-hybridized carbons (Fsp3) is 0.471. The first-order chi connectivity index (χ1) is 11.0. The number of nitrogens with zero attached hydrogens (tertiary/aromatic N) is 3. The van der Waals surface area contributed by atoms with Gasteiger partial charge in [-0.05, 0) is 25.1 Å². The number of nitrogens with one attached hydrogen (secondary N) is 1. The van der Waals surface area contributed by atoms with E-state index in [2.05, 4.69) is 16.3 Å². The van der Waals surface area contributed by atoms with Gasteiger partial charge in [-0.3, -0.25) is 14.5 Å². The highest BCUT2D eigenvalue weighted by atomic mass is 16.2. The fourth-order valence-corrected chi connectivity index (χ4v) is 2.64. The van der Waals surface area contributed by atoms with Crippen molar-refractivity contribution in [3.63, 3.8) is 0 Å². The minimum absolute atomic E-state index is 0.0158. The highest BCUT2D eigenvalue weighted by Gasteiger charge is 2.18. The molecule has 0 atom stereocenters. The summed E-state index contributed by atoms with van der Waals surface area (Å²) in [6.45, 7) is 7.89. The molecule has 122 valence electrons. The maximum absolute atomic E-state index is 11.5. The molecule has 0 unspecified atom stereocenters. The number of carbonyl (C=O) groups is 2. The Kier molecular flexibility index (Phi) is 5.72. The summed E-state index contributed by atoms with van der Waals surface area (Å²) in [5.41, 5.74) is 1.83. The monoisotopic (exact) mass is 314 g/mol. The molecule has 0 aromatic heterocycles. The molecule has 1 amide bonds. The third kappa shape index (κ3) is 4.54. The molecule has 6 heteroatoms. The van der Waals surface area contributed by atoms with Gasteiger partial charge in [0, 0.05) is 51.8 Å². The zero-order valence-electron chi connectivity index (χ0n) is 13.6. The minimum atomic E-state index is -0.0158. The van der Waals surface area contributed by atoms with Crippen molar-refractivity contribution in [2.24, 2.45) is 0 Å². The molecule has 0 spiro atoms. The van der Waals surface area contributed by atoms with Crippen molar-refractivity contribution >= 4 is 17.4 Å². The van der Waals surface area contributed by atoms with Crippen molar-refractivity contribution in [3.05, 3.63) is 29.3 Å². The first kappa shape index (κ1) is 17.0. The Bertz CT molecular complexity index is 628. The number of carbonyl (C=O) groups excluding carboxylic acids is 2. The van der Waals surface area contributed by atoms with Gasteiger partial charge in [0.05, 0.1) is 11.3 Å². The van der Waals surface area contributed by atoms with Crippen LogP contribution in [0.3, 0.4) is 0 Å². The summed E-state index contributed by atoms with van der Waals surface area (Å²) >= 11 is 0. The molecular weight excluding hydrogens is 292 g/mol. The summed E-state index contributed by atoms with van der Waals surface area (Å²) < 4.78 is 0. The highest BCUT2D eigenvalue weighted by molar-refractivity contribution is 5.95. The van der Waals surface area contributed by atoms with Gasteiger partial charge in [-0.1, -0.05) is 0 Å². The average molecular weight is 314 g/mol. The molecule has 1 aliphatic rings. The van der Waals surface area contributed by atoms with E-state index in [1.165, 1.54) is 6.92 Å². The van der Waals surface area contributed by atoms with Crippen molar-refractivity contribution in [1.29, 1.82) is 5.26 Å². The van der Waals surface area contributed by atoms with E-state index in [0.29, 0.717) is 23.4 Å². The van der Waals surface area contributed by atoms with Crippen LogP contribution in [0.4, 0.5) is 5.69 Å². The maximum Gasteiger partial charge on any atom is 0.219 e. The van der Waals surface area contributed by atoms with E-state index in [1.54, 1.807) is 25.1 Å². The number of anilines is 1. The van der Waals surface area contributed by atoms with Crippen LogP contribution in [0, 0.1) is 11.3 Å². The number of piperazine rings is 1. The van der Waals surface area contributed by atoms with E-state index in [-0.39, 0.29) is 11.7 Å². The van der Waals surface area contributed by atoms with Crippen LogP contribution in [0.25, 0.3) is 0 Å². The topological polar surface area (TPSA) is 76.4 Å². The predicted octanol–water partition coefficient (Wildman–Crippen LogP) is 1.34. The number of hydrogen-bond acceptors (Lipinski definition) is 5. The number of hydrogen-bond donors (Lipinski definition) is 1. The average Bonchev–Trinajstić information content (AvgIpc) is 2.55. The second-order valence-corrected chi connectivity index (χ2v) is 5.70. The van der Waals surface area contributed by atoms with E-state index < -0.39 is 0 Å². The van der Waals surface area contributed by atoms with Crippen LogP contribution in [-0.4, -0.2) is 60.8 Å². The normalized spacial score (nSPS) is 15.1. The Morgan fingerprint density at radius 2 is 1.91 bits per heavy atom. The van der Waals surface area contributed by atoms with Gasteiger partial charge >= 0.3 is 0 Å². The smallest absolute Gasteiger partial charge is 0.219 e. The fourth-order valence-electron chi connectivity index (χ4n) is 2.64. The van der Waals surface area contributed by atoms with Crippen LogP contribution in [0.1, 0.15) is 29.8 Å². The first-order valence-corrected chi connectivity index (χ1v) is 7.78. The zero-order valence-corrected chi connectivity index (χ0v) is 13.6. The summed E-state index contributed by atoms with van der Waals surface area (Å²) in [6.07, 6.45) is 0. The van der Waals surface area contributed by atoms with E-state index in [1.807, 2.05) is 4.90 Å². The maximum atomic E-state index is 11.5. The molecule has 1 heterocycles. The summed E-state index contributed by atoms with van der Waals surface area (Å²) in [5, 5.41) is 12.4. The van der Waals surface area contributed by atoms with Crippen LogP contribution >= 0.6 is 0 Å². The third-order valence-corrected chi connectivity index (χ3v) is 4.11. The van der Waals surface area contributed by atoms with Crippen molar-refractivity contribution < 1.29 is 9.59 Å². The molecule has 1 aromatic carbocycles. The van der Waals surface area contributed by atoms with Crippen molar-refractivity contribution in [1.82, 2.24) is 9.80 Å². The van der Waals surface area contributed by atoms with E-state index in [0.717, 1.165) is 32.7 Å². The number of nitriles is 1. The molecule has 1 N–H and O–H groups in total. The lowest BCUT2D eigenvalue weighted by molar-refractivity contribution is -0.130. The van der Waals surface area contributed by atoms with Gasteiger partial charge in [-0.2, -0.15) is 5.26 Å². The molecule has 2 rings (SSSR count). The standard InChI is InChI=1S/C17H22N4O2/c1-13(22)15-3-4-16(12-18)17(11-15)19-5-6-20-7-9-21(10-8-20)14(2)23/h3-4,11,19H,5-10H2,1-2H3. The Morgan fingerprint density at radius 1 is 1.22 bits per heavy atom. The molecule has 1 aliphatic heterocycles. The lowest BCUT2D eigenvalue weighted by Gasteiger charge is -2.34. The first-order valence-electron chi connectivity index (χ1n) is 7.78. The molecule has 0 aliphatic carbocycles. The number of benzene rings is 1. The Labute approximate surface area is 136 Å². The Balaban J connectivity index is 1.87. The Morgan fingerprint density at radius 3 is 2.48 bits per heavy atom. The van der Waals surface area contributed by atoms with Crippen LogP contribution in [0.2, 0.25) is 0 Å². The molecule has 1 fully saturated rings. The van der Waals surface area contributed by atoms with Crippen LogP contribution in [0.5, 0.6) is 0 Å². The van der Waals surface area contributed by atoms with E-state index in [9.17, 15) is 9.59 Å². The molecule has 6 nitrogen and oxygen atoms in total. The van der Waals surface area contributed by atoms with Gasteiger partial charge in [-0.15, -0.1) is 0 Å². The van der Waals surface area contributed by atoms with Gasteiger partial charge in [0.2, 0.25) is 5.91 Å². The van der Waals surface area contributed by atoms with Gasteiger partial charge in [0.25, 0.3) is 0 Å². The van der Waals surface area contributed by atoms with Gasteiger partial charge < -0.3 is 10.2 Å². The van der Waals surface area contributed by atoms with Gasteiger partial charge in [-0.25, -0.2) is 0 Å². The van der Waals surface area contributed by atoms with Gasteiger partial charge in [0.1, 0.15) is 6.07 Å². The quantitative estimate of drug-likeness (QED) is 0.830. The summed E-state index contributed by atoms with van der Waals surface area (Å²) in [6, 6.07) is 7.21. The zero-order chi connectivity index (χ0) is 16.8. The lowest BCUT2D eigenvalue weighted by atomic mass is 10.1. The highest BCUT2D eigenvalue weighted by Crippen LogP contribution is 2.17. The Hall–Kier alpha value is -2.39. The number of ketones is 1. The minimum Gasteiger partial charge on any atom is -0.383 e. The van der Waals surface area contributed by atoms with Crippen molar-refractivity contribution in [2.45, 2.75) is 13.8 Å². The molecular formula is C17H22N4O2. The summed E-state index contributed by atoms with van der Waals surface area (Å²) in [5.74, 6) is 0.111. The largest absolute Gasteiger partial charge is 0.383 e. The number of Topliss-reactive ketones (excluding diaryl/α,β-unsaturated/α-hetero) is 1. The van der Waals surface area contributed by atoms with E-state index >= 15 is 0 Å². The number of rotatable bonds is 5. The van der Waals surface area contributed by atoms with Crippen LogP contribution in [0.15, 0.2) is 18.2 Å². The second-order valence-electron chi connectivity index (χ2n) is 5.70. The molecule has 23 heavy (non-hydrogen) atoms. The molecule has 0 bridgehead atoms. The lowest BCUT2D eigenvalue weighted by Crippen LogP contribution is -2.49. The van der Waals surface area contributed by atoms with Gasteiger partial charge in [0.15, 0.2) is 5.78 Å². The molecule has 1 aromatic rings. The molecule has 0 saturated carbocycles. The SMILES string of the molecule is CC(=O)c1ccc(C#N)c(NCCN2CCN(C(C)=O)CC2)c1. The predicted molar refractivity (Wildman–Crippen MR) is 88.3 cm³/mol. The third-order valence-electron chi connectivity index (χ3n) is 4.11. The van der Waals surface area contributed by atoms with Crippen molar-refractivity contribution in [2.75, 3.05) is 44.6 Å². The number of amides is 1. The summed E-state index contributed by atoms with van der Waals surface area (Å²) in [7, 11) is 0. The van der Waals surface area contributed by atoms with E-state index in [4.69, 9.17) is 5.26 Å². The molecule has 0 radical (unpaired) electrons. The molecule has 1 saturated heterocycles.